The van der Waals surface area contributed by atoms with E-state index in [0.717, 1.165) is 51.1 Å². The molecule has 0 aliphatic carbocycles. The van der Waals surface area contributed by atoms with Crippen LogP contribution in [0.3, 0.4) is 0 Å². The van der Waals surface area contributed by atoms with Gasteiger partial charge in [0.1, 0.15) is 11.4 Å². The minimum absolute atomic E-state index is 0.0570. The Morgan fingerprint density at radius 3 is 2.77 bits per heavy atom. The van der Waals surface area contributed by atoms with Crippen LogP contribution >= 0.6 is 0 Å². The molecular weight excluding hydrogens is 334 g/mol. The van der Waals surface area contributed by atoms with Crippen molar-refractivity contribution in [2.24, 2.45) is 5.92 Å². The molecule has 1 spiro atoms. The Kier molecular flexibility index (Phi) is 4.65. The van der Waals surface area contributed by atoms with E-state index in [-0.39, 0.29) is 23.5 Å². The van der Waals surface area contributed by atoms with E-state index in [1.165, 1.54) is 0 Å². The van der Waals surface area contributed by atoms with Gasteiger partial charge in [0.25, 0.3) is 0 Å². The molecule has 1 atom stereocenters. The number of nitrogens with zero attached hydrogens (tertiary/aromatic N) is 3. The molecule has 7 nitrogen and oxygen atoms in total. The number of likely N-dealkylation sites (tertiary alicyclic amines) is 2. The average Bonchev–Trinajstić information content (AvgIpc) is 3.24. The Balaban J connectivity index is 1.31. The maximum absolute atomic E-state index is 13.0. The fourth-order valence-electron chi connectivity index (χ4n) is 4.47. The average molecular weight is 361 g/mol. The number of ether oxygens (including phenoxy) is 1. The van der Waals surface area contributed by atoms with Crippen LogP contribution in [0.25, 0.3) is 0 Å². The van der Waals surface area contributed by atoms with Gasteiger partial charge in [0, 0.05) is 39.5 Å². The zero-order valence-electron chi connectivity index (χ0n) is 15.4. The Bertz CT molecular complexity index is 652. The van der Waals surface area contributed by atoms with Crippen LogP contribution in [-0.2, 0) is 16.1 Å². The topological polar surface area (TPSA) is 66.2 Å². The van der Waals surface area contributed by atoms with Gasteiger partial charge in [-0.3, -0.25) is 9.69 Å². The van der Waals surface area contributed by atoms with Crippen molar-refractivity contribution in [1.82, 2.24) is 14.7 Å². The van der Waals surface area contributed by atoms with Gasteiger partial charge >= 0.3 is 6.09 Å². The van der Waals surface area contributed by atoms with Gasteiger partial charge in [0.2, 0.25) is 5.91 Å². The van der Waals surface area contributed by atoms with Gasteiger partial charge in [0.05, 0.1) is 25.3 Å². The number of carbonyl (C=O) groups excluding carboxylic acids is 2. The molecule has 26 heavy (non-hydrogen) atoms. The number of rotatable bonds is 3. The number of hydrogen-bond donors (Lipinski definition) is 0. The molecule has 0 unspecified atom stereocenters. The number of furan rings is 1. The van der Waals surface area contributed by atoms with Crippen LogP contribution in [0.2, 0.25) is 0 Å². The second-order valence-corrected chi connectivity index (χ2v) is 7.89. The molecule has 142 valence electrons. The van der Waals surface area contributed by atoms with Crippen LogP contribution in [0.5, 0.6) is 0 Å². The summed E-state index contributed by atoms with van der Waals surface area (Å²) in [7, 11) is 1.77. The van der Waals surface area contributed by atoms with Crippen LogP contribution < -0.4 is 0 Å². The predicted octanol–water partition coefficient (Wildman–Crippen LogP) is 1.93. The first-order chi connectivity index (χ1) is 12.5. The molecule has 2 amide bonds. The van der Waals surface area contributed by atoms with E-state index < -0.39 is 0 Å². The molecule has 3 aliphatic rings. The molecule has 3 fully saturated rings. The van der Waals surface area contributed by atoms with Gasteiger partial charge < -0.3 is 19.0 Å². The van der Waals surface area contributed by atoms with Crippen LogP contribution in [-0.4, -0.2) is 72.1 Å². The summed E-state index contributed by atoms with van der Waals surface area (Å²) in [6.07, 6.45) is 4.91. The first kappa shape index (κ1) is 17.4. The first-order valence-corrected chi connectivity index (χ1v) is 9.52. The Morgan fingerprint density at radius 2 is 2.12 bits per heavy atom. The van der Waals surface area contributed by atoms with Crippen LogP contribution in [0.4, 0.5) is 4.79 Å². The molecule has 0 radical (unpaired) electrons. The van der Waals surface area contributed by atoms with Crippen molar-refractivity contribution in [2.45, 2.75) is 37.8 Å². The van der Waals surface area contributed by atoms with Gasteiger partial charge in [-0.15, -0.1) is 0 Å². The molecule has 0 bridgehead atoms. The van der Waals surface area contributed by atoms with E-state index in [0.29, 0.717) is 19.6 Å². The van der Waals surface area contributed by atoms with E-state index in [4.69, 9.17) is 9.15 Å². The van der Waals surface area contributed by atoms with Crippen molar-refractivity contribution in [3.63, 3.8) is 0 Å². The summed E-state index contributed by atoms with van der Waals surface area (Å²) >= 11 is 0. The number of likely N-dealkylation sites (N-methyl/N-ethyl adjacent to an activating group) is 1. The minimum Gasteiger partial charge on any atom is -0.468 e. The second kappa shape index (κ2) is 6.95. The predicted molar refractivity (Wildman–Crippen MR) is 94.4 cm³/mol. The third kappa shape index (κ3) is 3.45. The molecule has 3 saturated heterocycles. The third-order valence-corrected chi connectivity index (χ3v) is 5.94. The standard InChI is InChI=1S/C19H27N3O4/c1-20-14-19(26-18(20)24)6-9-22(10-7-19)17(23)15-4-2-8-21(12-15)13-16-5-3-11-25-16/h3,5,11,15H,2,4,6-10,12-14H2,1H3/t15-/m1/s1. The Labute approximate surface area is 153 Å². The quantitative estimate of drug-likeness (QED) is 0.823. The highest BCUT2D eigenvalue weighted by Crippen LogP contribution is 2.33. The van der Waals surface area contributed by atoms with Crippen LogP contribution in [0, 0.1) is 5.92 Å². The summed E-state index contributed by atoms with van der Waals surface area (Å²) in [6, 6.07) is 3.88. The molecule has 0 aromatic carbocycles. The molecular formula is C19H27N3O4. The summed E-state index contributed by atoms with van der Waals surface area (Å²) in [5.41, 5.74) is -0.388. The van der Waals surface area contributed by atoms with E-state index in [2.05, 4.69) is 4.90 Å². The van der Waals surface area contributed by atoms with E-state index in [1.54, 1.807) is 18.2 Å². The SMILES string of the molecule is CN1CC2(CCN(C(=O)[C@@H]3CCCN(Cc4ccco4)C3)CC2)OC1=O. The van der Waals surface area contributed by atoms with Crippen molar-refractivity contribution in [2.75, 3.05) is 39.8 Å². The first-order valence-electron chi connectivity index (χ1n) is 9.52. The normalized spacial score (nSPS) is 26.3. The highest BCUT2D eigenvalue weighted by atomic mass is 16.6. The molecule has 4 rings (SSSR count). The van der Waals surface area contributed by atoms with Gasteiger partial charge in [-0.25, -0.2) is 4.79 Å². The van der Waals surface area contributed by atoms with E-state index in [9.17, 15) is 9.59 Å². The summed E-state index contributed by atoms with van der Waals surface area (Å²) in [5, 5.41) is 0. The fraction of sp³-hybridized carbons (Fsp3) is 0.684. The van der Waals surface area contributed by atoms with Crippen molar-refractivity contribution >= 4 is 12.0 Å². The van der Waals surface area contributed by atoms with Gasteiger partial charge in [-0.2, -0.15) is 0 Å². The highest BCUT2D eigenvalue weighted by molar-refractivity contribution is 5.79. The van der Waals surface area contributed by atoms with Gasteiger partial charge in [0.15, 0.2) is 0 Å². The fourth-order valence-corrected chi connectivity index (χ4v) is 4.47. The van der Waals surface area contributed by atoms with Crippen molar-refractivity contribution in [1.29, 1.82) is 0 Å². The number of carbonyl (C=O) groups is 2. The number of piperidine rings is 2. The maximum atomic E-state index is 13.0. The molecule has 0 saturated carbocycles. The lowest BCUT2D eigenvalue weighted by atomic mass is 9.89. The zero-order chi connectivity index (χ0) is 18.1. The summed E-state index contributed by atoms with van der Waals surface area (Å²) in [6.45, 7) is 4.55. The van der Waals surface area contributed by atoms with Crippen molar-refractivity contribution in [3.05, 3.63) is 24.2 Å². The monoisotopic (exact) mass is 361 g/mol. The minimum atomic E-state index is -0.388. The van der Waals surface area contributed by atoms with Crippen molar-refractivity contribution < 1.29 is 18.7 Å². The van der Waals surface area contributed by atoms with Gasteiger partial charge in [-0.1, -0.05) is 0 Å². The molecule has 4 heterocycles. The van der Waals surface area contributed by atoms with Gasteiger partial charge in [-0.05, 0) is 31.5 Å². The van der Waals surface area contributed by atoms with E-state index in [1.807, 2.05) is 17.0 Å². The molecule has 1 aromatic rings. The number of amides is 2. The highest BCUT2D eigenvalue weighted by Gasteiger charge is 2.46. The van der Waals surface area contributed by atoms with Crippen LogP contribution in [0.1, 0.15) is 31.4 Å². The van der Waals surface area contributed by atoms with E-state index >= 15 is 0 Å². The summed E-state index contributed by atoms with van der Waals surface area (Å²) < 4.78 is 11.0. The molecule has 0 N–H and O–H groups in total. The molecule has 7 heteroatoms. The van der Waals surface area contributed by atoms with Crippen LogP contribution in [0.15, 0.2) is 22.8 Å². The summed E-state index contributed by atoms with van der Waals surface area (Å²) in [5.74, 6) is 1.26. The molecule has 3 aliphatic heterocycles. The summed E-state index contributed by atoms with van der Waals surface area (Å²) in [4.78, 5) is 30.6. The Hall–Kier alpha value is -2.02. The lowest BCUT2D eigenvalue weighted by Crippen LogP contribution is -2.51. The number of hydrogen-bond acceptors (Lipinski definition) is 5. The lowest BCUT2D eigenvalue weighted by molar-refractivity contribution is -0.140. The second-order valence-electron chi connectivity index (χ2n) is 7.89. The molecule has 1 aromatic heterocycles. The smallest absolute Gasteiger partial charge is 0.410 e. The lowest BCUT2D eigenvalue weighted by Gasteiger charge is -2.40. The third-order valence-electron chi connectivity index (χ3n) is 5.94. The zero-order valence-corrected chi connectivity index (χ0v) is 15.4. The Morgan fingerprint density at radius 1 is 1.31 bits per heavy atom. The van der Waals surface area contributed by atoms with Crippen molar-refractivity contribution in [3.8, 4) is 0 Å². The maximum Gasteiger partial charge on any atom is 0.410 e. The largest absolute Gasteiger partial charge is 0.468 e.